The Morgan fingerprint density at radius 1 is 1.31 bits per heavy atom. The first-order chi connectivity index (χ1) is 7.41. The number of rotatable bonds is 4. The Bertz CT molecular complexity index is 376. The minimum absolute atomic E-state index is 0.451. The minimum atomic E-state index is -0.789. The van der Waals surface area contributed by atoms with Crippen LogP contribution in [-0.2, 0) is 11.2 Å². The first kappa shape index (κ1) is 13.2. The number of hydrogen-bond acceptors (Lipinski definition) is 1. The molecular weight excluding hydrogens is 268 g/mol. The van der Waals surface area contributed by atoms with Crippen LogP contribution < -0.4 is 0 Å². The second-order valence-electron chi connectivity index (χ2n) is 4.22. The predicted molar refractivity (Wildman–Crippen MR) is 69.3 cm³/mol. The molecule has 1 N–H and O–H groups in total. The smallest absolute Gasteiger partial charge is 0.317 e. The van der Waals surface area contributed by atoms with Crippen LogP contribution in [0.1, 0.15) is 28.7 Å². The Labute approximate surface area is 105 Å². The van der Waals surface area contributed by atoms with Gasteiger partial charge in [0.15, 0.2) is 0 Å². The van der Waals surface area contributed by atoms with Crippen molar-refractivity contribution in [2.24, 2.45) is 0 Å². The third-order valence-electron chi connectivity index (χ3n) is 2.76. The Balaban J connectivity index is 2.78. The third kappa shape index (κ3) is 3.34. The van der Waals surface area contributed by atoms with Gasteiger partial charge in [0.05, 0.1) is 0 Å². The number of alkyl halides is 1. The standard InChI is InChI=1S/C13H17BrO2/c1-8-6-9(2)11(10(3)7-8)4-5-12(14)13(15)16/h6-7,12H,4-5H2,1-3H3,(H,15,16). The van der Waals surface area contributed by atoms with Crippen molar-refractivity contribution in [1.29, 1.82) is 0 Å². The molecule has 0 spiro atoms. The summed E-state index contributed by atoms with van der Waals surface area (Å²) >= 11 is 3.16. The average Bonchev–Trinajstić information content (AvgIpc) is 2.15. The fraction of sp³-hybridized carbons (Fsp3) is 0.462. The van der Waals surface area contributed by atoms with Gasteiger partial charge in [0.1, 0.15) is 4.83 Å². The van der Waals surface area contributed by atoms with Crippen molar-refractivity contribution in [2.45, 2.75) is 38.4 Å². The predicted octanol–water partition coefficient (Wildman–Crippen LogP) is 3.39. The molecule has 16 heavy (non-hydrogen) atoms. The van der Waals surface area contributed by atoms with Gasteiger partial charge in [-0.3, -0.25) is 4.79 Å². The van der Waals surface area contributed by atoms with E-state index in [0.717, 1.165) is 6.42 Å². The van der Waals surface area contributed by atoms with Crippen LogP contribution >= 0.6 is 15.9 Å². The van der Waals surface area contributed by atoms with E-state index in [0.29, 0.717) is 6.42 Å². The van der Waals surface area contributed by atoms with Crippen LogP contribution in [0.25, 0.3) is 0 Å². The number of aryl methyl sites for hydroxylation is 3. The quantitative estimate of drug-likeness (QED) is 0.861. The molecule has 0 aliphatic rings. The van der Waals surface area contributed by atoms with E-state index >= 15 is 0 Å². The van der Waals surface area contributed by atoms with Crippen molar-refractivity contribution < 1.29 is 9.90 Å². The fourth-order valence-electron chi connectivity index (χ4n) is 2.00. The number of carbonyl (C=O) groups is 1. The molecule has 0 aliphatic carbocycles. The lowest BCUT2D eigenvalue weighted by molar-refractivity contribution is -0.136. The Hall–Kier alpha value is -0.830. The number of hydrogen-bond donors (Lipinski definition) is 1. The van der Waals surface area contributed by atoms with Crippen LogP contribution in [0, 0.1) is 20.8 Å². The zero-order chi connectivity index (χ0) is 12.3. The molecular formula is C13H17BrO2. The second-order valence-corrected chi connectivity index (χ2v) is 5.33. The normalized spacial score (nSPS) is 12.5. The largest absolute Gasteiger partial charge is 0.480 e. The first-order valence-corrected chi connectivity index (χ1v) is 6.27. The molecule has 3 heteroatoms. The van der Waals surface area contributed by atoms with Gasteiger partial charge in [0.2, 0.25) is 0 Å². The van der Waals surface area contributed by atoms with E-state index < -0.39 is 10.8 Å². The number of benzene rings is 1. The molecule has 0 bridgehead atoms. The summed E-state index contributed by atoms with van der Waals surface area (Å²) < 4.78 is 0. The SMILES string of the molecule is Cc1cc(C)c(CCC(Br)C(=O)O)c(C)c1. The van der Waals surface area contributed by atoms with Gasteiger partial charge in [0.25, 0.3) is 0 Å². The summed E-state index contributed by atoms with van der Waals surface area (Å²) in [5, 5.41) is 8.80. The summed E-state index contributed by atoms with van der Waals surface area (Å²) in [5.74, 6) is -0.789. The Morgan fingerprint density at radius 3 is 2.25 bits per heavy atom. The summed E-state index contributed by atoms with van der Waals surface area (Å²) in [6.07, 6.45) is 1.43. The monoisotopic (exact) mass is 284 g/mol. The van der Waals surface area contributed by atoms with Gasteiger partial charge in [0, 0.05) is 0 Å². The lowest BCUT2D eigenvalue weighted by atomic mass is 9.96. The van der Waals surface area contributed by atoms with Crippen molar-refractivity contribution in [3.05, 3.63) is 34.4 Å². The number of carboxylic acids is 1. The molecule has 0 amide bonds. The zero-order valence-electron chi connectivity index (χ0n) is 9.88. The lowest BCUT2D eigenvalue weighted by Gasteiger charge is -2.12. The average molecular weight is 285 g/mol. The van der Waals surface area contributed by atoms with E-state index in [1.54, 1.807) is 0 Å². The Morgan fingerprint density at radius 2 is 1.81 bits per heavy atom. The molecule has 0 radical (unpaired) electrons. The van der Waals surface area contributed by atoms with Gasteiger partial charge in [-0.1, -0.05) is 33.6 Å². The molecule has 0 saturated heterocycles. The molecule has 0 aromatic heterocycles. The molecule has 1 aromatic rings. The van der Waals surface area contributed by atoms with Crippen molar-refractivity contribution in [3.63, 3.8) is 0 Å². The summed E-state index contributed by atoms with van der Waals surface area (Å²) in [7, 11) is 0. The molecule has 1 unspecified atom stereocenters. The first-order valence-electron chi connectivity index (χ1n) is 5.35. The summed E-state index contributed by atoms with van der Waals surface area (Å²) in [5.41, 5.74) is 5.04. The molecule has 88 valence electrons. The van der Waals surface area contributed by atoms with Gasteiger partial charge < -0.3 is 5.11 Å². The van der Waals surface area contributed by atoms with Crippen molar-refractivity contribution in [3.8, 4) is 0 Å². The van der Waals surface area contributed by atoms with E-state index in [9.17, 15) is 4.79 Å². The highest BCUT2D eigenvalue weighted by Gasteiger charge is 2.14. The van der Waals surface area contributed by atoms with E-state index in [-0.39, 0.29) is 0 Å². The van der Waals surface area contributed by atoms with Crippen LogP contribution in [0.15, 0.2) is 12.1 Å². The van der Waals surface area contributed by atoms with Gasteiger partial charge in [-0.2, -0.15) is 0 Å². The van der Waals surface area contributed by atoms with Crippen LogP contribution in [-0.4, -0.2) is 15.9 Å². The van der Waals surface area contributed by atoms with Crippen LogP contribution in [0.5, 0.6) is 0 Å². The number of carboxylic acid groups (broad SMARTS) is 1. The van der Waals surface area contributed by atoms with Crippen molar-refractivity contribution >= 4 is 21.9 Å². The van der Waals surface area contributed by atoms with Gasteiger partial charge in [-0.25, -0.2) is 0 Å². The van der Waals surface area contributed by atoms with Crippen molar-refractivity contribution in [1.82, 2.24) is 0 Å². The van der Waals surface area contributed by atoms with Gasteiger partial charge in [-0.05, 0) is 50.3 Å². The highest BCUT2D eigenvalue weighted by molar-refractivity contribution is 9.10. The van der Waals surface area contributed by atoms with E-state index in [2.05, 4.69) is 48.8 Å². The van der Waals surface area contributed by atoms with E-state index in [1.807, 2.05) is 0 Å². The fourth-order valence-corrected chi connectivity index (χ4v) is 2.23. The molecule has 1 rings (SSSR count). The summed E-state index contributed by atoms with van der Waals surface area (Å²) in [4.78, 5) is 10.2. The van der Waals surface area contributed by atoms with Gasteiger partial charge >= 0.3 is 5.97 Å². The summed E-state index contributed by atoms with van der Waals surface area (Å²) in [6, 6.07) is 4.29. The molecule has 0 aliphatic heterocycles. The number of aliphatic carboxylic acids is 1. The van der Waals surface area contributed by atoms with Crippen LogP contribution in [0.2, 0.25) is 0 Å². The molecule has 0 saturated carbocycles. The van der Waals surface area contributed by atoms with Crippen molar-refractivity contribution in [2.75, 3.05) is 0 Å². The maximum absolute atomic E-state index is 10.7. The van der Waals surface area contributed by atoms with Crippen LogP contribution in [0.3, 0.4) is 0 Å². The zero-order valence-corrected chi connectivity index (χ0v) is 11.5. The maximum Gasteiger partial charge on any atom is 0.317 e. The highest BCUT2D eigenvalue weighted by atomic mass is 79.9. The Kier molecular flexibility index (Phi) is 4.54. The topological polar surface area (TPSA) is 37.3 Å². The molecule has 1 aromatic carbocycles. The molecule has 0 heterocycles. The number of halogens is 1. The van der Waals surface area contributed by atoms with E-state index in [4.69, 9.17) is 5.11 Å². The van der Waals surface area contributed by atoms with Crippen LogP contribution in [0.4, 0.5) is 0 Å². The third-order valence-corrected chi connectivity index (χ3v) is 3.61. The van der Waals surface area contributed by atoms with Gasteiger partial charge in [-0.15, -0.1) is 0 Å². The molecule has 2 nitrogen and oxygen atoms in total. The molecule has 0 fully saturated rings. The lowest BCUT2D eigenvalue weighted by Crippen LogP contribution is -2.13. The maximum atomic E-state index is 10.7. The highest BCUT2D eigenvalue weighted by Crippen LogP contribution is 2.20. The molecule has 1 atom stereocenters. The van der Waals surface area contributed by atoms with E-state index in [1.165, 1.54) is 22.3 Å². The second kappa shape index (κ2) is 5.48. The minimum Gasteiger partial charge on any atom is -0.480 e. The summed E-state index contributed by atoms with van der Waals surface area (Å²) in [6.45, 7) is 6.24.